The Bertz CT molecular complexity index is 1330. The molecular formula is C27H33N5O2S. The van der Waals surface area contributed by atoms with Gasteiger partial charge in [0.1, 0.15) is 26.7 Å². The summed E-state index contributed by atoms with van der Waals surface area (Å²) in [6.07, 6.45) is 2.55. The Morgan fingerprint density at radius 2 is 1.80 bits per heavy atom. The number of hydrogen-bond donors (Lipinski definition) is 0. The van der Waals surface area contributed by atoms with Crippen LogP contribution >= 0.6 is 11.3 Å². The summed E-state index contributed by atoms with van der Waals surface area (Å²) < 4.78 is 11.7. The van der Waals surface area contributed by atoms with E-state index in [1.807, 2.05) is 25.1 Å². The zero-order chi connectivity index (χ0) is 23.9. The number of likely N-dealkylation sites (tertiary alicyclic amines) is 1. The van der Waals surface area contributed by atoms with Crippen molar-refractivity contribution in [1.82, 2.24) is 19.9 Å². The van der Waals surface area contributed by atoms with Gasteiger partial charge in [-0.25, -0.2) is 15.0 Å². The summed E-state index contributed by atoms with van der Waals surface area (Å²) in [4.78, 5) is 21.0. The van der Waals surface area contributed by atoms with E-state index in [1.165, 1.54) is 12.8 Å². The zero-order valence-electron chi connectivity index (χ0n) is 20.8. The standard InChI is InChI=1S/C27H33N5O2S/c1-17(2)19-8-10-31(11-9-19)16-22-28-24-26(32-12-14-33-15-13-32)29-25(30-27(24)35-22)23-18(3)34-21-7-5-4-6-20(21)23/h4-7,17,19H,8-16H2,1-3H3. The lowest BCUT2D eigenvalue weighted by Crippen LogP contribution is -2.37. The number of morpholine rings is 1. The van der Waals surface area contributed by atoms with E-state index in [1.54, 1.807) is 11.3 Å². The molecule has 2 aliphatic rings. The molecule has 6 rings (SSSR count). The van der Waals surface area contributed by atoms with Crippen LogP contribution in [0.3, 0.4) is 0 Å². The molecule has 0 unspecified atom stereocenters. The van der Waals surface area contributed by atoms with Gasteiger partial charge < -0.3 is 14.1 Å². The minimum Gasteiger partial charge on any atom is -0.461 e. The highest BCUT2D eigenvalue weighted by Crippen LogP contribution is 2.37. The van der Waals surface area contributed by atoms with Gasteiger partial charge in [-0.15, -0.1) is 0 Å². The van der Waals surface area contributed by atoms with Gasteiger partial charge in [0.05, 0.1) is 25.3 Å². The summed E-state index contributed by atoms with van der Waals surface area (Å²) in [5.41, 5.74) is 2.76. The fourth-order valence-corrected chi connectivity index (χ4v) is 6.41. The summed E-state index contributed by atoms with van der Waals surface area (Å²) in [6, 6.07) is 8.12. The second-order valence-corrected chi connectivity index (χ2v) is 11.2. The Kier molecular flexibility index (Phi) is 6.20. The molecule has 8 heteroatoms. The highest BCUT2D eigenvalue weighted by Gasteiger charge is 2.26. The van der Waals surface area contributed by atoms with Crippen LogP contribution in [0.25, 0.3) is 32.7 Å². The van der Waals surface area contributed by atoms with Crippen molar-refractivity contribution >= 4 is 38.5 Å². The maximum Gasteiger partial charge on any atom is 0.167 e. The van der Waals surface area contributed by atoms with Crippen molar-refractivity contribution in [3.05, 3.63) is 35.0 Å². The van der Waals surface area contributed by atoms with E-state index in [0.717, 1.165) is 93.8 Å². The summed E-state index contributed by atoms with van der Waals surface area (Å²) in [5, 5.41) is 2.17. The highest BCUT2D eigenvalue weighted by molar-refractivity contribution is 7.18. The average Bonchev–Trinajstić information content (AvgIpc) is 3.43. The van der Waals surface area contributed by atoms with Crippen LogP contribution in [0.4, 0.5) is 5.82 Å². The summed E-state index contributed by atoms with van der Waals surface area (Å²) in [6.45, 7) is 12.9. The molecule has 0 spiro atoms. The van der Waals surface area contributed by atoms with Gasteiger partial charge in [0, 0.05) is 18.5 Å². The van der Waals surface area contributed by atoms with Crippen molar-refractivity contribution in [2.24, 2.45) is 11.8 Å². The lowest BCUT2D eigenvalue weighted by atomic mass is 9.87. The molecule has 7 nitrogen and oxygen atoms in total. The molecule has 3 aromatic heterocycles. The van der Waals surface area contributed by atoms with Crippen LogP contribution in [0, 0.1) is 18.8 Å². The Hall–Kier alpha value is -2.55. The fourth-order valence-electron chi connectivity index (χ4n) is 5.44. The predicted molar refractivity (Wildman–Crippen MR) is 141 cm³/mol. The van der Waals surface area contributed by atoms with Crippen LogP contribution in [-0.2, 0) is 11.3 Å². The van der Waals surface area contributed by atoms with Gasteiger partial charge in [-0.2, -0.15) is 0 Å². The van der Waals surface area contributed by atoms with Gasteiger partial charge in [-0.05, 0) is 50.8 Å². The number of aromatic nitrogens is 3. The molecular weight excluding hydrogens is 458 g/mol. The molecule has 1 aromatic carbocycles. The second-order valence-electron chi connectivity index (χ2n) is 10.1. The molecule has 0 atom stereocenters. The molecule has 4 aromatic rings. The Labute approximate surface area is 210 Å². The van der Waals surface area contributed by atoms with Crippen molar-refractivity contribution in [2.45, 2.75) is 40.2 Å². The van der Waals surface area contributed by atoms with Crippen LogP contribution in [0.15, 0.2) is 28.7 Å². The van der Waals surface area contributed by atoms with Crippen molar-refractivity contribution in [3.63, 3.8) is 0 Å². The van der Waals surface area contributed by atoms with Gasteiger partial charge >= 0.3 is 0 Å². The van der Waals surface area contributed by atoms with Gasteiger partial charge in [0.2, 0.25) is 0 Å². The lowest BCUT2D eigenvalue weighted by Gasteiger charge is -2.33. The van der Waals surface area contributed by atoms with Gasteiger partial charge in [-0.3, -0.25) is 4.90 Å². The van der Waals surface area contributed by atoms with Gasteiger partial charge in [0.25, 0.3) is 0 Å². The zero-order valence-corrected chi connectivity index (χ0v) is 21.6. The number of benzene rings is 1. The Balaban J connectivity index is 1.38. The number of anilines is 1. The van der Waals surface area contributed by atoms with E-state index in [0.29, 0.717) is 13.2 Å². The third kappa shape index (κ3) is 4.43. The molecule has 0 saturated carbocycles. The van der Waals surface area contributed by atoms with Crippen LogP contribution in [-0.4, -0.2) is 59.2 Å². The van der Waals surface area contributed by atoms with Crippen LogP contribution in [0.1, 0.15) is 37.5 Å². The van der Waals surface area contributed by atoms with E-state index in [9.17, 15) is 0 Å². The molecule has 35 heavy (non-hydrogen) atoms. The molecule has 184 valence electrons. The summed E-state index contributed by atoms with van der Waals surface area (Å²) >= 11 is 1.71. The van der Waals surface area contributed by atoms with Crippen molar-refractivity contribution in [3.8, 4) is 11.4 Å². The maximum absolute atomic E-state index is 6.05. The lowest BCUT2D eigenvalue weighted by molar-refractivity contribution is 0.122. The number of nitrogens with zero attached hydrogens (tertiary/aromatic N) is 5. The van der Waals surface area contributed by atoms with Crippen LogP contribution < -0.4 is 4.90 Å². The summed E-state index contributed by atoms with van der Waals surface area (Å²) in [7, 11) is 0. The van der Waals surface area contributed by atoms with Gasteiger partial charge in [-0.1, -0.05) is 43.4 Å². The SMILES string of the molecule is Cc1oc2ccccc2c1-c1nc(N2CCOCC2)c2nc(CN3CCC(C(C)C)CC3)sc2n1. The first-order valence-electron chi connectivity index (χ1n) is 12.8. The van der Waals surface area contributed by atoms with Crippen LogP contribution in [0.2, 0.25) is 0 Å². The first kappa shape index (κ1) is 22.9. The summed E-state index contributed by atoms with van der Waals surface area (Å²) in [5.74, 6) is 4.09. The smallest absolute Gasteiger partial charge is 0.167 e. The van der Waals surface area contributed by atoms with Gasteiger partial charge in [0.15, 0.2) is 11.6 Å². The highest BCUT2D eigenvalue weighted by atomic mass is 32.1. The molecule has 2 fully saturated rings. The number of para-hydroxylation sites is 1. The van der Waals surface area contributed by atoms with E-state index in [4.69, 9.17) is 24.1 Å². The number of fused-ring (bicyclic) bond motifs is 2. The molecule has 2 aliphatic heterocycles. The fraction of sp³-hybridized carbons (Fsp3) is 0.519. The topological polar surface area (TPSA) is 67.5 Å². The molecule has 0 amide bonds. The van der Waals surface area contributed by atoms with E-state index in [-0.39, 0.29) is 0 Å². The largest absolute Gasteiger partial charge is 0.461 e. The quantitative estimate of drug-likeness (QED) is 0.364. The molecule has 0 radical (unpaired) electrons. The molecule has 0 N–H and O–H groups in total. The predicted octanol–water partition coefficient (Wildman–Crippen LogP) is 5.51. The third-order valence-corrected chi connectivity index (χ3v) is 8.46. The molecule has 5 heterocycles. The first-order valence-corrected chi connectivity index (χ1v) is 13.6. The normalized spacial score (nSPS) is 18.3. The molecule has 2 saturated heterocycles. The molecule has 0 bridgehead atoms. The number of hydrogen-bond acceptors (Lipinski definition) is 8. The number of ether oxygens (including phenoxy) is 1. The Morgan fingerprint density at radius 3 is 2.57 bits per heavy atom. The molecule has 0 aliphatic carbocycles. The number of piperidine rings is 1. The van der Waals surface area contributed by atoms with Crippen LogP contribution in [0.5, 0.6) is 0 Å². The van der Waals surface area contributed by atoms with E-state index in [2.05, 4.69) is 29.7 Å². The van der Waals surface area contributed by atoms with Crippen molar-refractivity contribution < 1.29 is 9.15 Å². The number of rotatable bonds is 5. The third-order valence-electron chi connectivity index (χ3n) is 7.52. The van der Waals surface area contributed by atoms with Crippen molar-refractivity contribution in [2.75, 3.05) is 44.3 Å². The maximum atomic E-state index is 6.05. The first-order chi connectivity index (χ1) is 17.1. The average molecular weight is 492 g/mol. The van der Waals surface area contributed by atoms with Crippen molar-refractivity contribution in [1.29, 1.82) is 0 Å². The number of aryl methyl sites for hydroxylation is 1. The second kappa shape index (κ2) is 9.48. The number of furan rings is 1. The minimum atomic E-state index is 0.705. The monoisotopic (exact) mass is 491 g/mol. The number of thiazole rings is 1. The van der Waals surface area contributed by atoms with E-state index >= 15 is 0 Å². The minimum absolute atomic E-state index is 0.705. The Morgan fingerprint density at radius 1 is 1.03 bits per heavy atom. The van der Waals surface area contributed by atoms with E-state index < -0.39 is 0 Å².